The predicted molar refractivity (Wildman–Crippen MR) is 96.4 cm³/mol. The van der Waals surface area contributed by atoms with E-state index in [2.05, 4.69) is 35.3 Å². The molecule has 0 saturated heterocycles. The van der Waals surface area contributed by atoms with E-state index < -0.39 is 0 Å². The molecule has 0 fully saturated rings. The Morgan fingerprint density at radius 2 is 1.96 bits per heavy atom. The first-order chi connectivity index (χ1) is 11.7. The largest absolute Gasteiger partial charge is 0.496 e. The molecule has 1 atom stereocenters. The van der Waals surface area contributed by atoms with E-state index in [1.54, 1.807) is 7.11 Å². The molecule has 24 heavy (non-hydrogen) atoms. The molecule has 0 radical (unpaired) electrons. The minimum absolute atomic E-state index is 0.0319. The number of benzene rings is 2. The summed E-state index contributed by atoms with van der Waals surface area (Å²) in [4.78, 5) is 14.7. The van der Waals surface area contributed by atoms with Crippen molar-refractivity contribution < 1.29 is 9.53 Å². The Labute approximate surface area is 143 Å². The number of rotatable bonds is 5. The predicted octanol–water partition coefficient (Wildman–Crippen LogP) is 3.15. The molecule has 0 spiro atoms. The third-order valence-corrected chi connectivity index (χ3v) is 4.65. The van der Waals surface area contributed by atoms with Crippen molar-refractivity contribution in [3.05, 3.63) is 59.7 Å². The summed E-state index contributed by atoms with van der Waals surface area (Å²) in [6.45, 7) is 3.05. The molecule has 2 aromatic carbocycles. The topological polar surface area (TPSA) is 41.6 Å². The molecule has 1 N–H and O–H groups in total. The van der Waals surface area contributed by atoms with E-state index in [4.69, 9.17) is 4.74 Å². The lowest BCUT2D eigenvalue weighted by atomic mass is 9.96. The summed E-state index contributed by atoms with van der Waals surface area (Å²) in [5, 5.41) is 3.01. The molecule has 1 aliphatic rings. The smallest absolute Gasteiger partial charge is 0.239 e. The van der Waals surface area contributed by atoms with E-state index in [1.165, 1.54) is 11.3 Å². The van der Waals surface area contributed by atoms with Crippen LogP contribution in [0, 0.1) is 0 Å². The number of amides is 1. The van der Waals surface area contributed by atoms with Gasteiger partial charge in [-0.15, -0.1) is 0 Å². The summed E-state index contributed by atoms with van der Waals surface area (Å²) in [5.74, 6) is 0.832. The van der Waals surface area contributed by atoms with Crippen molar-refractivity contribution >= 4 is 11.6 Å². The first kappa shape index (κ1) is 16.4. The van der Waals surface area contributed by atoms with Gasteiger partial charge in [-0.05, 0) is 37.5 Å². The zero-order valence-electron chi connectivity index (χ0n) is 14.3. The van der Waals surface area contributed by atoms with E-state index in [0.717, 1.165) is 24.2 Å². The van der Waals surface area contributed by atoms with Crippen LogP contribution in [0.1, 0.15) is 24.5 Å². The Morgan fingerprint density at radius 3 is 2.79 bits per heavy atom. The number of nitrogens with zero attached hydrogens (tertiary/aromatic N) is 1. The van der Waals surface area contributed by atoms with E-state index in [0.29, 0.717) is 19.1 Å². The number of aryl methyl sites for hydroxylation is 1. The maximum absolute atomic E-state index is 12.4. The second-order valence-corrected chi connectivity index (χ2v) is 6.23. The summed E-state index contributed by atoms with van der Waals surface area (Å²) in [5.41, 5.74) is 3.50. The van der Waals surface area contributed by atoms with Gasteiger partial charge in [-0.25, -0.2) is 0 Å². The molecule has 4 nitrogen and oxygen atoms in total. The Morgan fingerprint density at radius 1 is 1.21 bits per heavy atom. The van der Waals surface area contributed by atoms with Crippen molar-refractivity contribution in [2.75, 3.05) is 18.6 Å². The summed E-state index contributed by atoms with van der Waals surface area (Å²) in [6.07, 6.45) is 2.16. The maximum atomic E-state index is 12.4. The number of hydrogen-bond acceptors (Lipinski definition) is 3. The van der Waals surface area contributed by atoms with Crippen LogP contribution >= 0.6 is 0 Å². The Hall–Kier alpha value is -2.49. The summed E-state index contributed by atoms with van der Waals surface area (Å²) in [6, 6.07) is 16.5. The van der Waals surface area contributed by atoms with Gasteiger partial charge >= 0.3 is 0 Å². The molecular formula is C20H24N2O2. The minimum atomic E-state index is 0.0319. The second kappa shape index (κ2) is 7.39. The maximum Gasteiger partial charge on any atom is 0.239 e. The Balaban J connectivity index is 1.65. The average Bonchev–Trinajstić information content (AvgIpc) is 2.62. The highest BCUT2D eigenvalue weighted by Crippen LogP contribution is 2.30. The van der Waals surface area contributed by atoms with Crippen molar-refractivity contribution in [1.82, 2.24) is 5.32 Å². The molecule has 0 saturated carbocycles. The van der Waals surface area contributed by atoms with Gasteiger partial charge < -0.3 is 15.0 Å². The van der Waals surface area contributed by atoms with Gasteiger partial charge in [-0.3, -0.25) is 4.79 Å². The minimum Gasteiger partial charge on any atom is -0.496 e. The molecule has 2 aromatic rings. The molecule has 1 unspecified atom stereocenters. The van der Waals surface area contributed by atoms with Gasteiger partial charge in [0.2, 0.25) is 5.91 Å². The van der Waals surface area contributed by atoms with E-state index in [1.807, 2.05) is 30.3 Å². The van der Waals surface area contributed by atoms with Crippen LogP contribution in [0.15, 0.2) is 48.5 Å². The number of nitrogens with one attached hydrogen (secondary N) is 1. The number of methoxy groups -OCH3 is 1. The lowest BCUT2D eigenvalue weighted by Gasteiger charge is -2.36. The zero-order chi connectivity index (χ0) is 16.9. The van der Waals surface area contributed by atoms with Crippen molar-refractivity contribution in [2.45, 2.75) is 32.4 Å². The van der Waals surface area contributed by atoms with Crippen molar-refractivity contribution in [2.24, 2.45) is 0 Å². The fourth-order valence-corrected chi connectivity index (χ4v) is 3.25. The first-order valence-corrected chi connectivity index (χ1v) is 8.42. The van der Waals surface area contributed by atoms with E-state index in [-0.39, 0.29) is 5.91 Å². The van der Waals surface area contributed by atoms with Gasteiger partial charge in [0.05, 0.1) is 13.7 Å². The highest BCUT2D eigenvalue weighted by Gasteiger charge is 2.24. The van der Waals surface area contributed by atoms with Crippen molar-refractivity contribution in [3.8, 4) is 5.75 Å². The normalized spacial score (nSPS) is 16.4. The number of para-hydroxylation sites is 2. The number of ether oxygens (including phenoxy) is 1. The fraction of sp³-hybridized carbons (Fsp3) is 0.350. The van der Waals surface area contributed by atoms with Crippen molar-refractivity contribution in [3.63, 3.8) is 0 Å². The van der Waals surface area contributed by atoms with E-state index >= 15 is 0 Å². The highest BCUT2D eigenvalue weighted by atomic mass is 16.5. The lowest BCUT2D eigenvalue weighted by Crippen LogP contribution is -2.44. The zero-order valence-corrected chi connectivity index (χ0v) is 14.3. The summed E-state index contributed by atoms with van der Waals surface area (Å²) < 4.78 is 5.33. The van der Waals surface area contributed by atoms with Crippen LogP contribution < -0.4 is 15.0 Å². The molecule has 3 rings (SSSR count). The van der Waals surface area contributed by atoms with Gasteiger partial charge in [0, 0.05) is 23.8 Å². The van der Waals surface area contributed by atoms with Crippen LogP contribution in [0.4, 0.5) is 5.69 Å². The molecule has 4 heteroatoms. The van der Waals surface area contributed by atoms with E-state index in [9.17, 15) is 4.79 Å². The summed E-state index contributed by atoms with van der Waals surface area (Å²) in [7, 11) is 1.65. The number of anilines is 1. The van der Waals surface area contributed by atoms with Gasteiger partial charge in [-0.1, -0.05) is 36.4 Å². The third kappa shape index (κ3) is 3.53. The van der Waals surface area contributed by atoms with Crippen LogP contribution in [0.5, 0.6) is 5.75 Å². The molecule has 1 aliphatic heterocycles. The monoisotopic (exact) mass is 324 g/mol. The number of fused-ring (bicyclic) bond motifs is 1. The van der Waals surface area contributed by atoms with Crippen LogP contribution in [0.3, 0.4) is 0 Å². The molecule has 1 amide bonds. The molecular weight excluding hydrogens is 300 g/mol. The molecule has 0 bridgehead atoms. The molecule has 1 heterocycles. The van der Waals surface area contributed by atoms with Crippen LogP contribution in [0.25, 0.3) is 0 Å². The highest BCUT2D eigenvalue weighted by molar-refractivity contribution is 5.82. The van der Waals surface area contributed by atoms with Crippen molar-refractivity contribution in [1.29, 1.82) is 0 Å². The quantitative estimate of drug-likeness (QED) is 0.918. The summed E-state index contributed by atoms with van der Waals surface area (Å²) >= 11 is 0. The van der Waals surface area contributed by atoms with Gasteiger partial charge in [0.25, 0.3) is 0 Å². The average molecular weight is 324 g/mol. The third-order valence-electron chi connectivity index (χ3n) is 4.65. The standard InChI is InChI=1S/C20H24N2O2/c1-15-11-12-16-7-3-5-9-18(16)22(15)14-20(23)21-13-17-8-4-6-10-19(17)24-2/h3-10,15H,11-14H2,1-2H3,(H,21,23). The van der Waals surface area contributed by atoms with Gasteiger partial charge in [0.15, 0.2) is 0 Å². The first-order valence-electron chi connectivity index (χ1n) is 8.42. The second-order valence-electron chi connectivity index (χ2n) is 6.23. The van der Waals surface area contributed by atoms with Crippen LogP contribution in [-0.4, -0.2) is 25.6 Å². The number of hydrogen-bond donors (Lipinski definition) is 1. The van der Waals surface area contributed by atoms with Crippen LogP contribution in [-0.2, 0) is 17.8 Å². The lowest BCUT2D eigenvalue weighted by molar-refractivity contribution is -0.120. The van der Waals surface area contributed by atoms with Gasteiger partial charge in [0.1, 0.15) is 5.75 Å². The molecule has 0 aliphatic carbocycles. The number of carbonyl (C=O) groups excluding carboxylic acids is 1. The Bertz CT molecular complexity index is 714. The fourth-order valence-electron chi connectivity index (χ4n) is 3.25. The molecule has 0 aromatic heterocycles. The SMILES string of the molecule is COc1ccccc1CNC(=O)CN1c2ccccc2CCC1C. The molecule has 126 valence electrons. The number of carbonyl (C=O) groups is 1. The Kier molecular flexibility index (Phi) is 5.04. The van der Waals surface area contributed by atoms with Gasteiger partial charge in [-0.2, -0.15) is 0 Å². The van der Waals surface area contributed by atoms with Crippen LogP contribution in [0.2, 0.25) is 0 Å².